The molecular weight excluding hydrogens is 236 g/mol. The fraction of sp³-hybridized carbons (Fsp3) is 0.467. The third kappa shape index (κ3) is 3.20. The van der Waals surface area contributed by atoms with Crippen molar-refractivity contribution in [1.29, 1.82) is 0 Å². The lowest BCUT2D eigenvalue weighted by Crippen LogP contribution is -2.23. The molecule has 0 aliphatic heterocycles. The molecular formula is C15H22N4. The van der Waals surface area contributed by atoms with Gasteiger partial charge in [-0.3, -0.25) is 14.6 Å². The summed E-state index contributed by atoms with van der Waals surface area (Å²) < 4.78 is 1.90. The molecule has 0 radical (unpaired) electrons. The fourth-order valence-corrected chi connectivity index (χ4v) is 2.27. The molecule has 2 rings (SSSR count). The van der Waals surface area contributed by atoms with Crippen LogP contribution in [0.25, 0.3) is 0 Å². The highest BCUT2D eigenvalue weighted by molar-refractivity contribution is 5.17. The first kappa shape index (κ1) is 13.7. The molecule has 2 aromatic heterocycles. The molecule has 1 atom stereocenters. The quantitative estimate of drug-likeness (QED) is 0.826. The Kier molecular flexibility index (Phi) is 4.32. The van der Waals surface area contributed by atoms with E-state index in [9.17, 15) is 0 Å². The second-order valence-electron chi connectivity index (χ2n) is 4.97. The zero-order valence-corrected chi connectivity index (χ0v) is 12.2. The lowest BCUT2D eigenvalue weighted by Gasteiger charge is -2.24. The van der Waals surface area contributed by atoms with Crippen molar-refractivity contribution in [3.05, 3.63) is 47.5 Å². The summed E-state index contributed by atoms with van der Waals surface area (Å²) in [6.07, 6.45) is 4.93. The van der Waals surface area contributed by atoms with E-state index >= 15 is 0 Å². The SMILES string of the molecule is CCc1nn(C)cc1CN(C)C(C)c1ccccn1. The summed E-state index contributed by atoms with van der Waals surface area (Å²) in [6.45, 7) is 5.23. The summed E-state index contributed by atoms with van der Waals surface area (Å²) in [6, 6.07) is 6.36. The predicted molar refractivity (Wildman–Crippen MR) is 76.7 cm³/mol. The van der Waals surface area contributed by atoms with Gasteiger partial charge >= 0.3 is 0 Å². The third-order valence-electron chi connectivity index (χ3n) is 3.52. The van der Waals surface area contributed by atoms with Crippen molar-refractivity contribution in [3.63, 3.8) is 0 Å². The zero-order chi connectivity index (χ0) is 13.8. The van der Waals surface area contributed by atoms with Gasteiger partial charge in [-0.05, 0) is 32.5 Å². The van der Waals surface area contributed by atoms with Crippen molar-refractivity contribution >= 4 is 0 Å². The van der Waals surface area contributed by atoms with Gasteiger partial charge in [0, 0.05) is 37.6 Å². The molecule has 0 amide bonds. The second kappa shape index (κ2) is 5.97. The second-order valence-corrected chi connectivity index (χ2v) is 4.97. The summed E-state index contributed by atoms with van der Waals surface area (Å²) in [5.41, 5.74) is 3.59. The molecule has 0 fully saturated rings. The van der Waals surface area contributed by atoms with Crippen molar-refractivity contribution < 1.29 is 0 Å². The van der Waals surface area contributed by atoms with Gasteiger partial charge in [-0.1, -0.05) is 13.0 Å². The van der Waals surface area contributed by atoms with E-state index in [1.165, 1.54) is 11.3 Å². The largest absolute Gasteiger partial charge is 0.294 e. The normalized spacial score (nSPS) is 12.9. The predicted octanol–water partition coefficient (Wildman–Crippen LogP) is 2.57. The van der Waals surface area contributed by atoms with E-state index in [1.54, 1.807) is 0 Å². The maximum Gasteiger partial charge on any atom is 0.0666 e. The highest BCUT2D eigenvalue weighted by Crippen LogP contribution is 2.19. The van der Waals surface area contributed by atoms with Gasteiger partial charge in [0.2, 0.25) is 0 Å². The highest BCUT2D eigenvalue weighted by atomic mass is 15.3. The summed E-state index contributed by atoms with van der Waals surface area (Å²) >= 11 is 0. The number of pyridine rings is 1. The van der Waals surface area contributed by atoms with Gasteiger partial charge in [-0.25, -0.2) is 0 Å². The topological polar surface area (TPSA) is 34.0 Å². The first-order valence-corrected chi connectivity index (χ1v) is 6.74. The van der Waals surface area contributed by atoms with Gasteiger partial charge in [0.25, 0.3) is 0 Å². The fourth-order valence-electron chi connectivity index (χ4n) is 2.27. The Morgan fingerprint density at radius 1 is 1.37 bits per heavy atom. The Labute approximate surface area is 115 Å². The van der Waals surface area contributed by atoms with E-state index < -0.39 is 0 Å². The van der Waals surface area contributed by atoms with Crippen LogP contribution in [0.1, 0.15) is 36.8 Å². The average molecular weight is 258 g/mol. The maximum atomic E-state index is 4.49. The van der Waals surface area contributed by atoms with Crippen LogP contribution in [-0.2, 0) is 20.0 Å². The van der Waals surface area contributed by atoms with Gasteiger partial charge in [-0.15, -0.1) is 0 Å². The summed E-state index contributed by atoms with van der Waals surface area (Å²) in [5.74, 6) is 0. The number of hydrogen-bond donors (Lipinski definition) is 0. The average Bonchev–Trinajstić information content (AvgIpc) is 2.78. The van der Waals surface area contributed by atoms with Crippen LogP contribution in [0.4, 0.5) is 0 Å². The third-order valence-corrected chi connectivity index (χ3v) is 3.52. The molecule has 0 aliphatic carbocycles. The van der Waals surface area contributed by atoms with Crippen LogP contribution >= 0.6 is 0 Å². The molecule has 4 nitrogen and oxygen atoms in total. The number of rotatable bonds is 5. The monoisotopic (exact) mass is 258 g/mol. The first-order chi connectivity index (χ1) is 9.11. The summed E-state index contributed by atoms with van der Waals surface area (Å²) in [5, 5.41) is 4.49. The summed E-state index contributed by atoms with van der Waals surface area (Å²) in [7, 11) is 4.11. The van der Waals surface area contributed by atoms with Gasteiger partial charge in [0.15, 0.2) is 0 Å². The van der Waals surface area contributed by atoms with Crippen LogP contribution in [0.5, 0.6) is 0 Å². The van der Waals surface area contributed by atoms with Crippen LogP contribution in [0.2, 0.25) is 0 Å². The van der Waals surface area contributed by atoms with Gasteiger partial charge < -0.3 is 0 Å². The van der Waals surface area contributed by atoms with Crippen LogP contribution in [0.15, 0.2) is 30.6 Å². The van der Waals surface area contributed by atoms with Crippen LogP contribution in [-0.4, -0.2) is 26.7 Å². The molecule has 1 unspecified atom stereocenters. The standard InChI is InChI=1S/C15H22N4/c1-5-14-13(11-19(4)17-14)10-18(3)12(2)15-8-6-7-9-16-15/h6-9,11-12H,5,10H2,1-4H3. The summed E-state index contributed by atoms with van der Waals surface area (Å²) in [4.78, 5) is 6.73. The van der Waals surface area contributed by atoms with Gasteiger partial charge in [-0.2, -0.15) is 5.10 Å². The van der Waals surface area contributed by atoms with Crippen LogP contribution in [0, 0.1) is 0 Å². The lowest BCUT2D eigenvalue weighted by atomic mass is 10.1. The van der Waals surface area contributed by atoms with Crippen molar-refractivity contribution in [2.24, 2.45) is 7.05 Å². The molecule has 0 bridgehead atoms. The lowest BCUT2D eigenvalue weighted by molar-refractivity contribution is 0.248. The number of nitrogens with zero attached hydrogens (tertiary/aromatic N) is 4. The molecule has 0 N–H and O–H groups in total. The molecule has 2 heterocycles. The molecule has 4 heteroatoms. The molecule has 2 aromatic rings. The van der Waals surface area contributed by atoms with Crippen molar-refractivity contribution in [1.82, 2.24) is 19.7 Å². The minimum atomic E-state index is 0.297. The molecule has 0 saturated carbocycles. The minimum Gasteiger partial charge on any atom is -0.294 e. The van der Waals surface area contributed by atoms with Crippen molar-refractivity contribution in [2.45, 2.75) is 32.9 Å². The van der Waals surface area contributed by atoms with Crippen molar-refractivity contribution in [3.8, 4) is 0 Å². The van der Waals surface area contributed by atoms with E-state index in [1.807, 2.05) is 30.1 Å². The first-order valence-electron chi connectivity index (χ1n) is 6.74. The molecule has 0 aliphatic rings. The molecule has 0 saturated heterocycles. The Bertz CT molecular complexity index is 518. The molecule has 0 spiro atoms. The van der Waals surface area contributed by atoms with Crippen LogP contribution < -0.4 is 0 Å². The van der Waals surface area contributed by atoms with Crippen LogP contribution in [0.3, 0.4) is 0 Å². The van der Waals surface area contributed by atoms with E-state index in [0.29, 0.717) is 6.04 Å². The minimum absolute atomic E-state index is 0.297. The number of aromatic nitrogens is 3. The number of aryl methyl sites for hydroxylation is 2. The van der Waals surface area contributed by atoms with E-state index in [-0.39, 0.29) is 0 Å². The molecule has 0 aromatic carbocycles. The zero-order valence-electron chi connectivity index (χ0n) is 12.2. The van der Waals surface area contributed by atoms with Crippen molar-refractivity contribution in [2.75, 3.05) is 7.05 Å². The molecule has 19 heavy (non-hydrogen) atoms. The van der Waals surface area contributed by atoms with E-state index in [2.05, 4.69) is 48.1 Å². The Balaban J connectivity index is 2.10. The molecule has 102 valence electrons. The van der Waals surface area contributed by atoms with Gasteiger partial charge in [0.05, 0.1) is 11.4 Å². The van der Waals surface area contributed by atoms with E-state index in [4.69, 9.17) is 0 Å². The maximum absolute atomic E-state index is 4.49. The Morgan fingerprint density at radius 2 is 2.16 bits per heavy atom. The highest BCUT2D eigenvalue weighted by Gasteiger charge is 2.15. The van der Waals surface area contributed by atoms with E-state index in [0.717, 1.165) is 18.7 Å². The van der Waals surface area contributed by atoms with Gasteiger partial charge in [0.1, 0.15) is 0 Å². The Hall–Kier alpha value is -1.68. The smallest absolute Gasteiger partial charge is 0.0666 e. The number of hydrogen-bond acceptors (Lipinski definition) is 3. The Morgan fingerprint density at radius 3 is 2.79 bits per heavy atom.